The minimum Gasteiger partial charge on any atom is -0.338 e. The van der Waals surface area contributed by atoms with E-state index >= 15 is 0 Å². The first-order valence-electron chi connectivity index (χ1n) is 7.67. The van der Waals surface area contributed by atoms with Crippen LogP contribution in [0.2, 0.25) is 5.02 Å². The molecule has 9 heteroatoms. The number of halogens is 1. The maximum Gasteiger partial charge on any atom is 0.241 e. The Morgan fingerprint density at radius 3 is 2.79 bits per heavy atom. The Bertz CT molecular complexity index is 801. The van der Waals surface area contributed by atoms with Crippen molar-refractivity contribution in [2.45, 2.75) is 25.4 Å². The number of likely N-dealkylation sites (tertiary alicyclic amines) is 1. The van der Waals surface area contributed by atoms with Gasteiger partial charge in [0.05, 0.1) is 12.8 Å². The highest BCUT2D eigenvalue weighted by Gasteiger charge is 2.23. The third kappa shape index (κ3) is 4.76. The molecule has 24 heavy (non-hydrogen) atoms. The van der Waals surface area contributed by atoms with Crippen molar-refractivity contribution in [1.82, 2.24) is 19.8 Å². The fourth-order valence-corrected chi connectivity index (χ4v) is 3.80. The smallest absolute Gasteiger partial charge is 0.241 e. The number of aromatic nitrogens is 2. The standard InChI is InChI=1S/C15H19ClN4O3S/c1-24(21,22)19-13-5-7-20(8-6-13)10-14-17-15(18-23-14)11-3-2-4-12(16)9-11/h2-4,9,13,19H,5-8,10H2,1H3. The Morgan fingerprint density at radius 1 is 1.38 bits per heavy atom. The highest BCUT2D eigenvalue weighted by atomic mass is 35.5. The van der Waals surface area contributed by atoms with E-state index in [1.54, 1.807) is 12.1 Å². The van der Waals surface area contributed by atoms with Crippen LogP contribution in [0.1, 0.15) is 18.7 Å². The second-order valence-corrected chi connectivity index (χ2v) is 8.18. The van der Waals surface area contributed by atoms with Crippen molar-refractivity contribution < 1.29 is 12.9 Å². The van der Waals surface area contributed by atoms with Gasteiger partial charge in [-0.2, -0.15) is 4.98 Å². The molecule has 0 amide bonds. The topological polar surface area (TPSA) is 88.3 Å². The number of nitrogens with one attached hydrogen (secondary N) is 1. The van der Waals surface area contributed by atoms with E-state index in [-0.39, 0.29) is 6.04 Å². The van der Waals surface area contributed by atoms with Crippen LogP contribution in [-0.2, 0) is 16.6 Å². The summed E-state index contributed by atoms with van der Waals surface area (Å²) >= 11 is 5.97. The molecule has 1 fully saturated rings. The van der Waals surface area contributed by atoms with Gasteiger partial charge in [-0.1, -0.05) is 28.9 Å². The third-order valence-electron chi connectivity index (χ3n) is 3.88. The largest absolute Gasteiger partial charge is 0.338 e. The maximum atomic E-state index is 11.3. The molecule has 2 aromatic rings. The van der Waals surface area contributed by atoms with Gasteiger partial charge < -0.3 is 4.52 Å². The Labute approximate surface area is 146 Å². The summed E-state index contributed by atoms with van der Waals surface area (Å²) in [5, 5.41) is 4.62. The average Bonchev–Trinajstić information content (AvgIpc) is 2.96. The van der Waals surface area contributed by atoms with Gasteiger partial charge in [0.15, 0.2) is 0 Å². The zero-order valence-corrected chi connectivity index (χ0v) is 14.8. The second-order valence-electron chi connectivity index (χ2n) is 5.96. The van der Waals surface area contributed by atoms with E-state index in [0.29, 0.717) is 23.3 Å². The van der Waals surface area contributed by atoms with Gasteiger partial charge >= 0.3 is 0 Å². The lowest BCUT2D eigenvalue weighted by atomic mass is 10.1. The van der Waals surface area contributed by atoms with Crippen molar-refractivity contribution in [3.63, 3.8) is 0 Å². The van der Waals surface area contributed by atoms with E-state index in [4.69, 9.17) is 16.1 Å². The summed E-state index contributed by atoms with van der Waals surface area (Å²) in [6.45, 7) is 2.11. The van der Waals surface area contributed by atoms with E-state index in [2.05, 4.69) is 19.8 Å². The van der Waals surface area contributed by atoms with Crippen molar-refractivity contribution in [3.8, 4) is 11.4 Å². The third-order valence-corrected chi connectivity index (χ3v) is 4.87. The SMILES string of the molecule is CS(=O)(=O)NC1CCN(Cc2nc(-c3cccc(Cl)c3)no2)CC1. The van der Waals surface area contributed by atoms with Crippen molar-refractivity contribution in [3.05, 3.63) is 35.2 Å². The highest BCUT2D eigenvalue weighted by Crippen LogP contribution is 2.21. The summed E-state index contributed by atoms with van der Waals surface area (Å²) in [5.74, 6) is 1.06. The first-order chi connectivity index (χ1) is 11.4. The first-order valence-corrected chi connectivity index (χ1v) is 9.94. The summed E-state index contributed by atoms with van der Waals surface area (Å²) in [7, 11) is -3.15. The highest BCUT2D eigenvalue weighted by molar-refractivity contribution is 7.88. The minimum absolute atomic E-state index is 0.000886. The van der Waals surface area contributed by atoms with Crippen LogP contribution in [0.15, 0.2) is 28.8 Å². The number of piperidine rings is 1. The van der Waals surface area contributed by atoms with Gasteiger partial charge in [0.2, 0.25) is 21.7 Å². The zero-order valence-electron chi connectivity index (χ0n) is 13.3. The van der Waals surface area contributed by atoms with Crippen LogP contribution < -0.4 is 4.72 Å². The summed E-state index contributed by atoms with van der Waals surface area (Å²) < 4.78 is 30.5. The molecule has 0 spiro atoms. The predicted molar refractivity (Wildman–Crippen MR) is 91.0 cm³/mol. The predicted octanol–water partition coefficient (Wildman–Crippen LogP) is 1.90. The molecule has 1 aromatic heterocycles. The quantitative estimate of drug-likeness (QED) is 0.864. The van der Waals surface area contributed by atoms with Crippen LogP contribution in [0.3, 0.4) is 0 Å². The van der Waals surface area contributed by atoms with Gasteiger partial charge in [-0.15, -0.1) is 0 Å². The number of rotatable bonds is 5. The number of sulfonamides is 1. The van der Waals surface area contributed by atoms with Crippen LogP contribution in [0.25, 0.3) is 11.4 Å². The van der Waals surface area contributed by atoms with E-state index in [9.17, 15) is 8.42 Å². The molecule has 0 aliphatic carbocycles. The van der Waals surface area contributed by atoms with Crippen LogP contribution in [-0.4, -0.2) is 48.8 Å². The molecule has 0 unspecified atom stereocenters. The van der Waals surface area contributed by atoms with E-state index in [0.717, 1.165) is 31.5 Å². The second kappa shape index (κ2) is 7.18. The van der Waals surface area contributed by atoms with Crippen molar-refractivity contribution >= 4 is 21.6 Å². The first kappa shape index (κ1) is 17.3. The van der Waals surface area contributed by atoms with Crippen LogP contribution >= 0.6 is 11.6 Å². The summed E-state index contributed by atoms with van der Waals surface area (Å²) in [5.41, 5.74) is 0.813. The molecule has 0 radical (unpaired) electrons. The molecule has 1 aliphatic rings. The summed E-state index contributed by atoms with van der Waals surface area (Å²) in [6.07, 6.45) is 2.72. The van der Waals surface area contributed by atoms with E-state index < -0.39 is 10.0 Å². The molecule has 1 aliphatic heterocycles. The van der Waals surface area contributed by atoms with Crippen molar-refractivity contribution in [2.75, 3.05) is 19.3 Å². The normalized spacial score (nSPS) is 17.2. The molecule has 0 atom stereocenters. The van der Waals surface area contributed by atoms with Gasteiger partial charge in [-0.25, -0.2) is 13.1 Å². The van der Waals surface area contributed by atoms with E-state index in [1.807, 2.05) is 12.1 Å². The fourth-order valence-electron chi connectivity index (χ4n) is 2.77. The lowest BCUT2D eigenvalue weighted by Crippen LogP contribution is -2.43. The molecule has 1 N–H and O–H groups in total. The molecule has 0 bridgehead atoms. The Balaban J connectivity index is 1.56. The molecule has 0 saturated carbocycles. The summed E-state index contributed by atoms with van der Waals surface area (Å²) in [4.78, 5) is 6.58. The molecule has 1 aromatic carbocycles. The van der Waals surface area contributed by atoms with Gasteiger partial charge in [0, 0.05) is 29.7 Å². The Hall–Kier alpha value is -1.48. The van der Waals surface area contributed by atoms with Crippen molar-refractivity contribution in [2.24, 2.45) is 0 Å². The lowest BCUT2D eigenvalue weighted by Gasteiger charge is -2.30. The molecule has 1 saturated heterocycles. The molecule has 7 nitrogen and oxygen atoms in total. The maximum absolute atomic E-state index is 11.3. The van der Waals surface area contributed by atoms with Crippen molar-refractivity contribution in [1.29, 1.82) is 0 Å². The number of nitrogens with zero attached hydrogens (tertiary/aromatic N) is 3. The lowest BCUT2D eigenvalue weighted by molar-refractivity contribution is 0.177. The Morgan fingerprint density at radius 2 is 2.12 bits per heavy atom. The Kier molecular flexibility index (Phi) is 5.19. The number of benzene rings is 1. The molecular weight excluding hydrogens is 352 g/mol. The van der Waals surface area contributed by atoms with Crippen LogP contribution in [0, 0.1) is 0 Å². The molecular formula is C15H19ClN4O3S. The van der Waals surface area contributed by atoms with Crippen LogP contribution in [0.4, 0.5) is 0 Å². The fraction of sp³-hybridized carbons (Fsp3) is 0.467. The number of hydrogen-bond acceptors (Lipinski definition) is 6. The van der Waals surface area contributed by atoms with E-state index in [1.165, 1.54) is 6.26 Å². The molecule has 130 valence electrons. The van der Waals surface area contributed by atoms with Crippen LogP contribution in [0.5, 0.6) is 0 Å². The minimum atomic E-state index is -3.15. The monoisotopic (exact) mass is 370 g/mol. The number of hydrogen-bond donors (Lipinski definition) is 1. The summed E-state index contributed by atoms with van der Waals surface area (Å²) in [6, 6.07) is 7.30. The average molecular weight is 371 g/mol. The zero-order chi connectivity index (χ0) is 17.2. The molecule has 2 heterocycles. The molecule has 3 rings (SSSR count). The van der Waals surface area contributed by atoms with Gasteiger partial charge in [-0.05, 0) is 25.0 Å². The van der Waals surface area contributed by atoms with Gasteiger partial charge in [-0.3, -0.25) is 4.90 Å². The van der Waals surface area contributed by atoms with Gasteiger partial charge in [0.1, 0.15) is 0 Å². The van der Waals surface area contributed by atoms with Gasteiger partial charge in [0.25, 0.3) is 0 Å².